The van der Waals surface area contributed by atoms with Crippen LogP contribution < -0.4 is 14.8 Å². The lowest BCUT2D eigenvalue weighted by Crippen LogP contribution is -2.17. The van der Waals surface area contributed by atoms with E-state index in [0.29, 0.717) is 47.1 Å². The Hall–Kier alpha value is -4.13. The molecule has 150 valence electrons. The Balaban J connectivity index is 1.67. The number of fused-ring (bicyclic) bond motifs is 1. The van der Waals surface area contributed by atoms with Gasteiger partial charge in [0.1, 0.15) is 13.2 Å². The molecule has 0 atom stereocenters. The highest BCUT2D eigenvalue weighted by Gasteiger charge is 2.16. The SMILES string of the molecule is O=C(Nc1ccc2c(c1)OCCO2)/C(=C/c1cccc([N+](=O)[O-])c1)c1ccccc1. The highest BCUT2D eigenvalue weighted by molar-refractivity contribution is 6.29. The molecule has 1 aliphatic rings. The summed E-state index contributed by atoms with van der Waals surface area (Å²) in [6, 6.07) is 20.5. The standard InChI is InChI=1S/C23H18N2O5/c26-23(24-18-9-10-21-22(15-18)30-12-11-29-21)20(17-6-2-1-3-7-17)14-16-5-4-8-19(13-16)25(27)28/h1-10,13-15H,11-12H2,(H,24,26)/b20-14+. The summed E-state index contributed by atoms with van der Waals surface area (Å²) in [5.41, 5.74) is 2.15. The molecule has 0 unspecified atom stereocenters. The first-order valence-corrected chi connectivity index (χ1v) is 9.33. The van der Waals surface area contributed by atoms with Gasteiger partial charge >= 0.3 is 0 Å². The number of nitro groups is 1. The zero-order valence-corrected chi connectivity index (χ0v) is 15.9. The number of amides is 1. The van der Waals surface area contributed by atoms with Crippen molar-refractivity contribution in [1.82, 2.24) is 0 Å². The van der Waals surface area contributed by atoms with Crippen LogP contribution >= 0.6 is 0 Å². The smallest absolute Gasteiger partial charge is 0.270 e. The second kappa shape index (κ2) is 8.48. The zero-order chi connectivity index (χ0) is 20.9. The van der Waals surface area contributed by atoms with Gasteiger partial charge in [0.2, 0.25) is 0 Å². The quantitative estimate of drug-likeness (QED) is 0.293. The number of rotatable bonds is 5. The molecule has 3 aromatic carbocycles. The number of benzene rings is 3. The van der Waals surface area contributed by atoms with Crippen LogP contribution in [0.25, 0.3) is 11.6 Å². The van der Waals surface area contributed by atoms with Crippen LogP contribution in [0.2, 0.25) is 0 Å². The van der Waals surface area contributed by atoms with Crippen molar-refractivity contribution in [3.8, 4) is 11.5 Å². The van der Waals surface area contributed by atoms with Gasteiger partial charge in [0, 0.05) is 29.5 Å². The highest BCUT2D eigenvalue weighted by atomic mass is 16.6. The first-order chi connectivity index (χ1) is 14.6. The van der Waals surface area contributed by atoms with E-state index in [1.807, 2.05) is 30.3 Å². The number of nitrogens with zero attached hydrogens (tertiary/aromatic N) is 1. The Morgan fingerprint density at radius 3 is 2.47 bits per heavy atom. The fraction of sp³-hybridized carbons (Fsp3) is 0.0870. The Bertz CT molecular complexity index is 1130. The number of anilines is 1. The molecule has 0 bridgehead atoms. The predicted molar refractivity (Wildman–Crippen MR) is 113 cm³/mol. The van der Waals surface area contributed by atoms with Gasteiger partial charge in [0.05, 0.1) is 4.92 Å². The Labute approximate surface area is 172 Å². The van der Waals surface area contributed by atoms with Gasteiger partial charge in [0.25, 0.3) is 11.6 Å². The first-order valence-electron chi connectivity index (χ1n) is 9.33. The predicted octanol–water partition coefficient (Wildman–Crippen LogP) is 4.55. The van der Waals surface area contributed by atoms with Crippen LogP contribution in [0.15, 0.2) is 72.8 Å². The van der Waals surface area contributed by atoms with Gasteiger partial charge in [-0.15, -0.1) is 0 Å². The third-order valence-electron chi connectivity index (χ3n) is 4.52. The molecule has 0 fully saturated rings. The fourth-order valence-corrected chi connectivity index (χ4v) is 3.11. The van der Waals surface area contributed by atoms with E-state index in [1.165, 1.54) is 12.1 Å². The summed E-state index contributed by atoms with van der Waals surface area (Å²) in [6.45, 7) is 0.940. The third kappa shape index (κ3) is 4.30. The lowest BCUT2D eigenvalue weighted by molar-refractivity contribution is -0.384. The summed E-state index contributed by atoms with van der Waals surface area (Å²) in [7, 11) is 0. The van der Waals surface area contributed by atoms with Crippen molar-refractivity contribution in [2.75, 3.05) is 18.5 Å². The van der Waals surface area contributed by atoms with E-state index in [9.17, 15) is 14.9 Å². The number of nitrogens with one attached hydrogen (secondary N) is 1. The maximum atomic E-state index is 13.1. The summed E-state index contributed by atoms with van der Waals surface area (Å²) in [6.07, 6.45) is 1.63. The van der Waals surface area contributed by atoms with Crippen LogP contribution in [0.1, 0.15) is 11.1 Å². The van der Waals surface area contributed by atoms with Crippen LogP contribution in [0.5, 0.6) is 11.5 Å². The van der Waals surface area contributed by atoms with Gasteiger partial charge in [-0.1, -0.05) is 42.5 Å². The molecule has 0 spiro atoms. The molecular weight excluding hydrogens is 384 g/mol. The molecule has 0 aromatic heterocycles. The third-order valence-corrected chi connectivity index (χ3v) is 4.52. The van der Waals surface area contributed by atoms with E-state index in [4.69, 9.17) is 9.47 Å². The van der Waals surface area contributed by atoms with Gasteiger partial charge in [-0.3, -0.25) is 14.9 Å². The van der Waals surface area contributed by atoms with Crippen LogP contribution in [0.3, 0.4) is 0 Å². The average molecular weight is 402 g/mol. The molecule has 1 N–H and O–H groups in total. The van der Waals surface area contributed by atoms with Gasteiger partial charge in [0.15, 0.2) is 11.5 Å². The number of carbonyl (C=O) groups excluding carboxylic acids is 1. The largest absolute Gasteiger partial charge is 0.486 e. The minimum atomic E-state index is -0.464. The lowest BCUT2D eigenvalue weighted by atomic mass is 10.0. The second-order valence-electron chi connectivity index (χ2n) is 6.59. The molecule has 3 aromatic rings. The minimum absolute atomic E-state index is 0.0385. The van der Waals surface area contributed by atoms with E-state index < -0.39 is 4.92 Å². The average Bonchev–Trinajstić information content (AvgIpc) is 2.78. The van der Waals surface area contributed by atoms with Crippen LogP contribution in [0, 0.1) is 10.1 Å². The Kier molecular flexibility index (Phi) is 5.43. The highest BCUT2D eigenvalue weighted by Crippen LogP contribution is 2.33. The molecular formula is C23H18N2O5. The molecule has 4 rings (SSSR count). The van der Waals surface area contributed by atoms with Crippen molar-refractivity contribution in [1.29, 1.82) is 0 Å². The van der Waals surface area contributed by atoms with Gasteiger partial charge in [-0.2, -0.15) is 0 Å². The molecule has 1 amide bonds. The van der Waals surface area contributed by atoms with Gasteiger partial charge in [-0.05, 0) is 29.3 Å². The minimum Gasteiger partial charge on any atom is -0.486 e. The number of ether oxygens (including phenoxy) is 2. The molecule has 0 aliphatic carbocycles. The zero-order valence-electron chi connectivity index (χ0n) is 15.9. The van der Waals surface area contributed by atoms with Crippen molar-refractivity contribution in [3.63, 3.8) is 0 Å². The summed E-state index contributed by atoms with van der Waals surface area (Å²) in [5.74, 6) is 0.863. The molecule has 0 saturated carbocycles. The monoisotopic (exact) mass is 402 g/mol. The maximum Gasteiger partial charge on any atom is 0.270 e. The van der Waals surface area contributed by atoms with Crippen molar-refractivity contribution in [2.24, 2.45) is 0 Å². The molecule has 1 heterocycles. The summed E-state index contributed by atoms with van der Waals surface area (Å²) >= 11 is 0. The molecule has 7 nitrogen and oxygen atoms in total. The molecule has 0 saturated heterocycles. The summed E-state index contributed by atoms with van der Waals surface area (Å²) in [5, 5.41) is 14.0. The van der Waals surface area contributed by atoms with E-state index >= 15 is 0 Å². The topological polar surface area (TPSA) is 90.7 Å². The summed E-state index contributed by atoms with van der Waals surface area (Å²) in [4.78, 5) is 23.7. The number of non-ortho nitro benzene ring substituents is 1. The van der Waals surface area contributed by atoms with E-state index in [2.05, 4.69) is 5.32 Å². The lowest BCUT2D eigenvalue weighted by Gasteiger charge is -2.19. The van der Waals surface area contributed by atoms with Crippen LogP contribution in [0.4, 0.5) is 11.4 Å². The molecule has 7 heteroatoms. The van der Waals surface area contributed by atoms with Crippen molar-refractivity contribution >= 4 is 28.9 Å². The molecule has 0 radical (unpaired) electrons. The van der Waals surface area contributed by atoms with Crippen molar-refractivity contribution < 1.29 is 19.2 Å². The first kappa shape index (κ1) is 19.2. The number of hydrogen-bond acceptors (Lipinski definition) is 5. The van der Waals surface area contributed by atoms with Crippen molar-refractivity contribution in [3.05, 3.63) is 94.0 Å². The Morgan fingerprint density at radius 1 is 0.933 bits per heavy atom. The van der Waals surface area contributed by atoms with Gasteiger partial charge < -0.3 is 14.8 Å². The van der Waals surface area contributed by atoms with E-state index in [1.54, 1.807) is 36.4 Å². The molecule has 1 aliphatic heterocycles. The normalized spacial score (nSPS) is 12.9. The number of nitro benzene ring substituents is 1. The number of hydrogen-bond donors (Lipinski definition) is 1. The summed E-state index contributed by atoms with van der Waals surface area (Å²) < 4.78 is 11.1. The van der Waals surface area contributed by atoms with Crippen LogP contribution in [-0.2, 0) is 4.79 Å². The van der Waals surface area contributed by atoms with Crippen molar-refractivity contribution in [2.45, 2.75) is 0 Å². The fourth-order valence-electron chi connectivity index (χ4n) is 3.11. The van der Waals surface area contributed by atoms with E-state index in [-0.39, 0.29) is 11.6 Å². The number of carbonyl (C=O) groups is 1. The van der Waals surface area contributed by atoms with Gasteiger partial charge in [-0.25, -0.2) is 0 Å². The molecule has 30 heavy (non-hydrogen) atoms. The second-order valence-corrected chi connectivity index (χ2v) is 6.59. The van der Waals surface area contributed by atoms with Crippen LogP contribution in [-0.4, -0.2) is 24.0 Å². The Morgan fingerprint density at radius 2 is 1.70 bits per heavy atom. The van der Waals surface area contributed by atoms with E-state index in [0.717, 1.165) is 0 Å². The maximum absolute atomic E-state index is 13.1.